The van der Waals surface area contributed by atoms with E-state index in [9.17, 15) is 9.90 Å². The summed E-state index contributed by atoms with van der Waals surface area (Å²) in [5, 5.41) is 13.4. The van der Waals surface area contributed by atoms with Crippen molar-refractivity contribution in [3.63, 3.8) is 0 Å². The highest BCUT2D eigenvalue weighted by atomic mass is 79.9. The fourth-order valence-electron chi connectivity index (χ4n) is 2.50. The van der Waals surface area contributed by atoms with Gasteiger partial charge in [0.1, 0.15) is 0 Å². The standard InChI is InChI=1S/C10H11BrN4O2/c1-5-2-6(4-16)14-7(5)3-8(17)15-10(14)12-9(11)13-15/h3,5-6,16H,2,4H2,1H3. The summed E-state index contributed by atoms with van der Waals surface area (Å²) in [6.45, 7) is 2.09. The third-order valence-electron chi connectivity index (χ3n) is 3.24. The van der Waals surface area contributed by atoms with E-state index in [2.05, 4.69) is 26.0 Å². The van der Waals surface area contributed by atoms with Crippen molar-refractivity contribution in [1.82, 2.24) is 19.2 Å². The van der Waals surface area contributed by atoms with Gasteiger partial charge in [-0.15, -0.1) is 5.10 Å². The first kappa shape index (κ1) is 10.9. The molecular weight excluding hydrogens is 288 g/mol. The van der Waals surface area contributed by atoms with Crippen molar-refractivity contribution in [3.8, 4) is 0 Å². The number of fused-ring (bicyclic) bond motifs is 3. The maximum atomic E-state index is 11.9. The van der Waals surface area contributed by atoms with Crippen LogP contribution in [0.25, 0.3) is 5.78 Å². The Kier molecular flexibility index (Phi) is 2.34. The summed E-state index contributed by atoms with van der Waals surface area (Å²) in [5.74, 6) is 0.739. The Morgan fingerprint density at radius 3 is 3.12 bits per heavy atom. The molecule has 0 aliphatic carbocycles. The second kappa shape index (κ2) is 3.64. The second-order valence-electron chi connectivity index (χ2n) is 4.34. The van der Waals surface area contributed by atoms with Crippen LogP contribution in [0.1, 0.15) is 31.0 Å². The third kappa shape index (κ3) is 1.45. The number of hydrogen-bond donors (Lipinski definition) is 1. The molecule has 0 saturated carbocycles. The van der Waals surface area contributed by atoms with Gasteiger partial charge in [-0.3, -0.25) is 4.79 Å². The minimum atomic E-state index is -0.185. The van der Waals surface area contributed by atoms with Crippen molar-refractivity contribution in [1.29, 1.82) is 0 Å². The molecule has 17 heavy (non-hydrogen) atoms. The minimum absolute atomic E-state index is 0.0285. The monoisotopic (exact) mass is 298 g/mol. The van der Waals surface area contributed by atoms with Gasteiger partial charge in [0.25, 0.3) is 5.56 Å². The van der Waals surface area contributed by atoms with Crippen molar-refractivity contribution < 1.29 is 5.11 Å². The molecule has 2 aromatic heterocycles. The zero-order chi connectivity index (χ0) is 12.2. The lowest BCUT2D eigenvalue weighted by Crippen LogP contribution is -2.21. The van der Waals surface area contributed by atoms with E-state index in [4.69, 9.17) is 0 Å². The quantitative estimate of drug-likeness (QED) is 0.841. The van der Waals surface area contributed by atoms with Gasteiger partial charge in [-0.1, -0.05) is 6.92 Å². The Hall–Kier alpha value is -1.21. The van der Waals surface area contributed by atoms with Gasteiger partial charge >= 0.3 is 0 Å². The Labute approximate surface area is 105 Å². The van der Waals surface area contributed by atoms with E-state index in [-0.39, 0.29) is 24.1 Å². The fraction of sp³-hybridized carbons (Fsp3) is 0.500. The first-order valence-electron chi connectivity index (χ1n) is 5.40. The number of rotatable bonds is 1. The normalized spacial score (nSPS) is 23.2. The molecule has 0 bridgehead atoms. The van der Waals surface area contributed by atoms with Crippen molar-refractivity contribution in [3.05, 3.63) is 26.8 Å². The maximum absolute atomic E-state index is 11.9. The van der Waals surface area contributed by atoms with Gasteiger partial charge in [0, 0.05) is 11.8 Å². The molecule has 2 aromatic rings. The highest BCUT2D eigenvalue weighted by Crippen LogP contribution is 2.35. The Morgan fingerprint density at radius 2 is 2.41 bits per heavy atom. The van der Waals surface area contributed by atoms with Gasteiger partial charge in [-0.05, 0) is 28.3 Å². The number of aliphatic hydroxyl groups is 1. The first-order valence-corrected chi connectivity index (χ1v) is 6.19. The van der Waals surface area contributed by atoms with Crippen LogP contribution >= 0.6 is 15.9 Å². The zero-order valence-electron chi connectivity index (χ0n) is 9.17. The van der Waals surface area contributed by atoms with Crippen LogP contribution in [0.2, 0.25) is 0 Å². The number of aromatic nitrogens is 4. The lowest BCUT2D eigenvalue weighted by molar-refractivity contribution is 0.232. The van der Waals surface area contributed by atoms with Gasteiger partial charge in [0.2, 0.25) is 10.5 Å². The Morgan fingerprint density at radius 1 is 1.65 bits per heavy atom. The Bertz CT molecular complexity index is 648. The zero-order valence-corrected chi connectivity index (χ0v) is 10.8. The molecule has 90 valence electrons. The van der Waals surface area contributed by atoms with Gasteiger partial charge in [0.15, 0.2) is 0 Å². The van der Waals surface area contributed by atoms with Crippen LogP contribution in [0.3, 0.4) is 0 Å². The Balaban J connectivity index is 2.41. The summed E-state index contributed by atoms with van der Waals surface area (Å²) < 4.78 is 3.55. The molecule has 2 unspecified atom stereocenters. The number of nitrogens with zero attached hydrogens (tertiary/aromatic N) is 4. The van der Waals surface area contributed by atoms with Crippen molar-refractivity contribution in [2.24, 2.45) is 0 Å². The molecule has 0 aromatic carbocycles. The summed E-state index contributed by atoms with van der Waals surface area (Å²) in [6, 6.07) is 1.55. The largest absolute Gasteiger partial charge is 0.394 e. The SMILES string of the molecule is CC1CC(CO)n2c1cc(=O)n1nc(Br)nc21. The molecule has 0 spiro atoms. The summed E-state index contributed by atoms with van der Waals surface area (Å²) in [6.07, 6.45) is 0.820. The van der Waals surface area contributed by atoms with Crippen LogP contribution in [0.15, 0.2) is 15.6 Å². The molecular formula is C10H11BrN4O2. The van der Waals surface area contributed by atoms with E-state index < -0.39 is 0 Å². The molecule has 0 saturated heterocycles. The van der Waals surface area contributed by atoms with E-state index in [0.29, 0.717) is 10.5 Å². The van der Waals surface area contributed by atoms with E-state index in [1.165, 1.54) is 4.52 Å². The van der Waals surface area contributed by atoms with Gasteiger partial charge in [-0.2, -0.15) is 9.50 Å². The van der Waals surface area contributed by atoms with Gasteiger partial charge in [0.05, 0.1) is 12.6 Å². The molecule has 7 heteroatoms. The van der Waals surface area contributed by atoms with Crippen LogP contribution in [-0.4, -0.2) is 30.9 Å². The molecule has 0 radical (unpaired) electrons. The van der Waals surface area contributed by atoms with Crippen molar-refractivity contribution in [2.75, 3.05) is 6.61 Å². The van der Waals surface area contributed by atoms with E-state index in [1.54, 1.807) is 6.07 Å². The predicted molar refractivity (Wildman–Crippen MR) is 64.1 cm³/mol. The molecule has 3 heterocycles. The first-order chi connectivity index (χ1) is 8.11. The van der Waals surface area contributed by atoms with Crippen LogP contribution in [0.5, 0.6) is 0 Å². The van der Waals surface area contributed by atoms with Gasteiger partial charge in [-0.25, -0.2) is 0 Å². The lowest BCUT2D eigenvalue weighted by Gasteiger charge is -2.12. The summed E-state index contributed by atoms with van der Waals surface area (Å²) in [7, 11) is 0. The average Bonchev–Trinajstić information content (AvgIpc) is 2.80. The summed E-state index contributed by atoms with van der Waals surface area (Å²) in [5.41, 5.74) is 0.733. The van der Waals surface area contributed by atoms with Crippen LogP contribution < -0.4 is 5.56 Å². The van der Waals surface area contributed by atoms with Crippen molar-refractivity contribution >= 4 is 21.7 Å². The van der Waals surface area contributed by atoms with Crippen LogP contribution in [0.4, 0.5) is 0 Å². The number of halogens is 1. The smallest absolute Gasteiger partial charge is 0.275 e. The topological polar surface area (TPSA) is 72.4 Å². The van der Waals surface area contributed by atoms with E-state index in [0.717, 1.165) is 12.1 Å². The molecule has 6 nitrogen and oxygen atoms in total. The second-order valence-corrected chi connectivity index (χ2v) is 5.05. The minimum Gasteiger partial charge on any atom is -0.394 e. The fourth-order valence-corrected chi connectivity index (χ4v) is 2.82. The average molecular weight is 299 g/mol. The number of aliphatic hydroxyl groups excluding tert-OH is 1. The molecule has 1 aliphatic rings. The summed E-state index contributed by atoms with van der Waals surface area (Å²) in [4.78, 5) is 16.1. The van der Waals surface area contributed by atoms with E-state index >= 15 is 0 Å². The van der Waals surface area contributed by atoms with Crippen molar-refractivity contribution in [2.45, 2.75) is 25.3 Å². The molecule has 0 amide bonds. The summed E-state index contributed by atoms with van der Waals surface area (Å²) >= 11 is 3.17. The maximum Gasteiger partial charge on any atom is 0.275 e. The lowest BCUT2D eigenvalue weighted by atomic mass is 10.1. The molecule has 1 aliphatic heterocycles. The highest BCUT2D eigenvalue weighted by Gasteiger charge is 2.30. The predicted octanol–water partition coefficient (Wildman–Crippen LogP) is 0.694. The highest BCUT2D eigenvalue weighted by molar-refractivity contribution is 9.10. The third-order valence-corrected chi connectivity index (χ3v) is 3.58. The van der Waals surface area contributed by atoms with Gasteiger partial charge < -0.3 is 9.67 Å². The van der Waals surface area contributed by atoms with Crippen LogP contribution in [0, 0.1) is 0 Å². The van der Waals surface area contributed by atoms with Crippen LogP contribution in [-0.2, 0) is 0 Å². The molecule has 0 fully saturated rings. The molecule has 1 N–H and O–H groups in total. The molecule has 2 atom stereocenters. The number of hydrogen-bond acceptors (Lipinski definition) is 4. The molecule has 3 rings (SSSR count). The van der Waals surface area contributed by atoms with E-state index in [1.807, 2.05) is 11.5 Å².